The lowest BCUT2D eigenvalue weighted by atomic mass is 10.0. The maximum absolute atomic E-state index is 14.0. The maximum Gasteiger partial charge on any atom is 0.335 e. The number of ether oxygens (including phenoxy) is 2. The van der Waals surface area contributed by atoms with Crippen molar-refractivity contribution in [2.45, 2.75) is 20.5 Å². The van der Waals surface area contributed by atoms with Crippen molar-refractivity contribution in [2.24, 2.45) is 0 Å². The average Bonchev–Trinajstić information content (AvgIpc) is 2.81. The molecule has 1 heterocycles. The van der Waals surface area contributed by atoms with Gasteiger partial charge in [-0.2, -0.15) is 0 Å². The molecule has 0 unspecified atom stereocenters. The summed E-state index contributed by atoms with van der Waals surface area (Å²) in [4.78, 5) is 39.3. The Labute approximate surface area is 215 Å². The number of carbonyl (C=O) groups excluding carboxylic acids is 3. The molecule has 36 heavy (non-hydrogen) atoms. The Bertz CT molecular complexity index is 1400. The van der Waals surface area contributed by atoms with Crippen molar-refractivity contribution in [3.63, 3.8) is 0 Å². The molecule has 0 aliphatic carbocycles. The minimum Gasteiger partial charge on any atom is -0.493 e. The van der Waals surface area contributed by atoms with Crippen LogP contribution in [0, 0.1) is 19.7 Å². The number of rotatable bonds is 6. The quantitative estimate of drug-likeness (QED) is 0.324. The predicted molar refractivity (Wildman–Crippen MR) is 136 cm³/mol. The molecule has 3 aromatic carbocycles. The molecule has 0 bridgehead atoms. The number of hydrogen-bond acceptors (Lipinski definition) is 5. The lowest BCUT2D eigenvalue weighted by molar-refractivity contribution is -0.122. The van der Waals surface area contributed by atoms with E-state index in [1.54, 1.807) is 42.5 Å². The van der Waals surface area contributed by atoms with E-state index in [1.165, 1.54) is 19.3 Å². The Hall–Kier alpha value is -3.98. The summed E-state index contributed by atoms with van der Waals surface area (Å²) in [6.45, 7) is 3.67. The van der Waals surface area contributed by atoms with Crippen molar-refractivity contribution in [1.29, 1.82) is 0 Å². The Kier molecular flexibility index (Phi) is 7.21. The summed E-state index contributed by atoms with van der Waals surface area (Å²) in [5, 5.41) is 2.22. The third-order valence-electron chi connectivity index (χ3n) is 5.46. The van der Waals surface area contributed by atoms with Gasteiger partial charge in [-0.3, -0.25) is 14.9 Å². The van der Waals surface area contributed by atoms with Crippen LogP contribution in [0.3, 0.4) is 0 Å². The number of aryl methyl sites for hydroxylation is 2. The van der Waals surface area contributed by atoms with Gasteiger partial charge in [0.15, 0.2) is 11.5 Å². The van der Waals surface area contributed by atoms with E-state index in [0.717, 1.165) is 16.0 Å². The fourth-order valence-electron chi connectivity index (χ4n) is 3.87. The summed E-state index contributed by atoms with van der Waals surface area (Å²) in [6, 6.07) is 14.0. The molecule has 1 aliphatic heterocycles. The van der Waals surface area contributed by atoms with Gasteiger partial charge in [0.1, 0.15) is 18.0 Å². The van der Waals surface area contributed by atoms with Crippen LogP contribution in [-0.2, 0) is 16.2 Å². The summed E-state index contributed by atoms with van der Waals surface area (Å²) in [7, 11) is 1.44. The molecule has 9 heteroatoms. The lowest BCUT2D eigenvalue weighted by Crippen LogP contribution is -2.54. The number of imide groups is 2. The summed E-state index contributed by atoms with van der Waals surface area (Å²) >= 11 is 3.42. The Morgan fingerprint density at radius 3 is 2.39 bits per heavy atom. The number of benzene rings is 3. The van der Waals surface area contributed by atoms with Crippen LogP contribution >= 0.6 is 15.9 Å². The topological polar surface area (TPSA) is 84.9 Å². The normalized spacial score (nSPS) is 14.8. The summed E-state index contributed by atoms with van der Waals surface area (Å²) in [6.07, 6.45) is 1.37. The fraction of sp³-hybridized carbons (Fsp3) is 0.148. The molecular weight excluding hydrogens is 531 g/mol. The Morgan fingerprint density at radius 1 is 1.03 bits per heavy atom. The number of barbiturate groups is 1. The molecule has 1 fully saturated rings. The second-order valence-electron chi connectivity index (χ2n) is 8.22. The Morgan fingerprint density at radius 2 is 1.72 bits per heavy atom. The summed E-state index contributed by atoms with van der Waals surface area (Å²) in [5.74, 6) is -1.31. The highest BCUT2D eigenvalue weighted by Gasteiger charge is 2.37. The number of amides is 4. The molecule has 0 saturated carbocycles. The number of nitrogens with zero attached hydrogens (tertiary/aromatic N) is 1. The van der Waals surface area contributed by atoms with Gasteiger partial charge in [0.25, 0.3) is 11.8 Å². The number of carbonyl (C=O) groups is 3. The van der Waals surface area contributed by atoms with Gasteiger partial charge in [-0.05, 0) is 82.9 Å². The number of methoxy groups -OCH3 is 1. The maximum atomic E-state index is 14.0. The van der Waals surface area contributed by atoms with Crippen LogP contribution in [0.1, 0.15) is 22.3 Å². The first-order valence-electron chi connectivity index (χ1n) is 10.9. The molecule has 0 radical (unpaired) electrons. The van der Waals surface area contributed by atoms with E-state index in [9.17, 15) is 18.8 Å². The molecular formula is C27H22BrFN2O5. The lowest BCUT2D eigenvalue weighted by Gasteiger charge is -2.27. The number of urea groups is 1. The van der Waals surface area contributed by atoms with E-state index >= 15 is 0 Å². The van der Waals surface area contributed by atoms with Crippen LogP contribution in [0.15, 0.2) is 64.6 Å². The number of hydrogen-bond donors (Lipinski definition) is 1. The zero-order valence-electron chi connectivity index (χ0n) is 19.7. The SMILES string of the molecule is COc1cc(/C=C2\C(=O)NC(=O)N(c3cc(C)cc(C)c3)C2=O)cc(Br)c1OCc1ccccc1F. The van der Waals surface area contributed by atoms with E-state index in [0.29, 0.717) is 32.8 Å². The molecule has 1 aliphatic rings. The number of nitrogens with one attached hydrogen (secondary N) is 1. The van der Waals surface area contributed by atoms with E-state index in [2.05, 4.69) is 21.2 Å². The van der Waals surface area contributed by atoms with Gasteiger partial charge in [0.2, 0.25) is 0 Å². The van der Waals surface area contributed by atoms with Crippen LogP contribution < -0.4 is 19.7 Å². The Balaban J connectivity index is 1.66. The standard InChI is InChI=1S/C27H22BrFN2O5/c1-15-8-16(2)10-19(9-15)31-26(33)20(25(32)30-27(31)34)11-17-12-21(28)24(23(13-17)35-3)36-14-18-6-4-5-7-22(18)29/h4-13H,14H2,1-3H3,(H,30,32,34)/b20-11+. The van der Waals surface area contributed by atoms with E-state index in [1.807, 2.05) is 19.9 Å². The van der Waals surface area contributed by atoms with Gasteiger partial charge in [-0.15, -0.1) is 0 Å². The second kappa shape index (κ2) is 10.3. The van der Waals surface area contributed by atoms with Crippen LogP contribution in [0.4, 0.5) is 14.9 Å². The smallest absolute Gasteiger partial charge is 0.335 e. The molecule has 3 aromatic rings. The van der Waals surface area contributed by atoms with Gasteiger partial charge >= 0.3 is 6.03 Å². The fourth-order valence-corrected chi connectivity index (χ4v) is 4.44. The molecule has 1 saturated heterocycles. The molecule has 7 nitrogen and oxygen atoms in total. The van der Waals surface area contributed by atoms with Crippen LogP contribution in [0.25, 0.3) is 6.08 Å². The van der Waals surface area contributed by atoms with Crippen LogP contribution in [0.2, 0.25) is 0 Å². The van der Waals surface area contributed by atoms with Gasteiger partial charge in [0.05, 0.1) is 17.3 Å². The minimum atomic E-state index is -0.817. The van der Waals surface area contributed by atoms with Crippen molar-refractivity contribution in [2.75, 3.05) is 12.0 Å². The third kappa shape index (κ3) is 5.16. The van der Waals surface area contributed by atoms with Crippen molar-refractivity contribution in [3.8, 4) is 11.5 Å². The first kappa shape index (κ1) is 25.1. The van der Waals surface area contributed by atoms with Gasteiger partial charge in [0, 0.05) is 5.56 Å². The summed E-state index contributed by atoms with van der Waals surface area (Å²) in [5.41, 5.74) is 2.70. The highest BCUT2D eigenvalue weighted by molar-refractivity contribution is 9.10. The molecule has 1 N–H and O–H groups in total. The largest absolute Gasteiger partial charge is 0.493 e. The van der Waals surface area contributed by atoms with Crippen molar-refractivity contribution in [3.05, 3.63) is 92.7 Å². The first-order chi connectivity index (χ1) is 17.2. The molecule has 0 aromatic heterocycles. The predicted octanol–water partition coefficient (Wildman–Crippen LogP) is 5.46. The first-order valence-corrected chi connectivity index (χ1v) is 11.7. The van der Waals surface area contributed by atoms with Crippen molar-refractivity contribution < 1.29 is 28.2 Å². The number of anilines is 1. The minimum absolute atomic E-state index is 0.0318. The van der Waals surface area contributed by atoms with Gasteiger partial charge in [-0.25, -0.2) is 14.1 Å². The highest BCUT2D eigenvalue weighted by Crippen LogP contribution is 2.38. The van der Waals surface area contributed by atoms with E-state index in [4.69, 9.17) is 9.47 Å². The van der Waals surface area contributed by atoms with Crippen LogP contribution in [0.5, 0.6) is 11.5 Å². The zero-order valence-corrected chi connectivity index (χ0v) is 21.3. The average molecular weight is 553 g/mol. The van der Waals surface area contributed by atoms with Gasteiger partial charge in [-0.1, -0.05) is 24.3 Å². The van der Waals surface area contributed by atoms with Crippen molar-refractivity contribution >= 4 is 45.5 Å². The molecule has 4 rings (SSSR count). The van der Waals surface area contributed by atoms with Gasteiger partial charge < -0.3 is 9.47 Å². The van der Waals surface area contributed by atoms with E-state index in [-0.39, 0.29) is 12.2 Å². The molecule has 0 spiro atoms. The molecule has 0 atom stereocenters. The highest BCUT2D eigenvalue weighted by atomic mass is 79.9. The zero-order chi connectivity index (χ0) is 26.0. The van der Waals surface area contributed by atoms with Crippen LogP contribution in [-0.4, -0.2) is 25.0 Å². The molecule has 4 amide bonds. The monoisotopic (exact) mass is 552 g/mol. The number of halogens is 2. The van der Waals surface area contributed by atoms with E-state index < -0.39 is 23.7 Å². The molecule has 184 valence electrons. The summed E-state index contributed by atoms with van der Waals surface area (Å²) < 4.78 is 25.7. The second-order valence-corrected chi connectivity index (χ2v) is 9.07. The third-order valence-corrected chi connectivity index (χ3v) is 6.05. The van der Waals surface area contributed by atoms with Crippen molar-refractivity contribution in [1.82, 2.24) is 5.32 Å².